The first-order valence-corrected chi connectivity index (χ1v) is 7.38. The molecule has 0 aliphatic heterocycles. The first-order chi connectivity index (χ1) is 9.75. The minimum atomic E-state index is -0.683. The van der Waals surface area contributed by atoms with Gasteiger partial charge in [-0.15, -0.1) is 0 Å². The molecule has 6 nitrogen and oxygen atoms in total. The highest BCUT2D eigenvalue weighted by Gasteiger charge is 2.25. The van der Waals surface area contributed by atoms with Crippen molar-refractivity contribution in [2.45, 2.75) is 25.1 Å². The number of carbonyl (C=O) groups excluding carboxylic acids is 2. The van der Waals surface area contributed by atoms with Crippen LogP contribution in [0.2, 0.25) is 0 Å². The fourth-order valence-corrected chi connectivity index (χ4v) is 1.12. The van der Waals surface area contributed by atoms with Gasteiger partial charge in [0.05, 0.1) is 26.4 Å². The van der Waals surface area contributed by atoms with Crippen LogP contribution in [0.1, 0.15) is 20.8 Å². The van der Waals surface area contributed by atoms with Crippen molar-refractivity contribution in [2.24, 2.45) is 0 Å². The summed E-state index contributed by atoms with van der Waals surface area (Å²) in [5.41, 5.74) is 0.361. The van der Waals surface area contributed by atoms with E-state index in [9.17, 15) is 9.59 Å². The third-order valence-electron chi connectivity index (χ3n) is 2.13. The van der Waals surface area contributed by atoms with Crippen molar-refractivity contribution in [3.8, 4) is 0 Å². The highest BCUT2D eigenvalue weighted by Crippen LogP contribution is 2.17. The van der Waals surface area contributed by atoms with Crippen LogP contribution in [-0.4, -0.2) is 55.9 Å². The fourth-order valence-electron chi connectivity index (χ4n) is 1.00. The van der Waals surface area contributed by atoms with Crippen LogP contribution in [0.4, 0.5) is 0 Å². The van der Waals surface area contributed by atoms with Gasteiger partial charge < -0.3 is 18.9 Å². The highest BCUT2D eigenvalue weighted by atomic mass is 79.9. The number of esters is 2. The van der Waals surface area contributed by atoms with Crippen LogP contribution in [0, 0.1) is 0 Å². The molecule has 0 aromatic carbocycles. The normalized spacial score (nSPS) is 11.0. The third kappa shape index (κ3) is 11.4. The van der Waals surface area contributed by atoms with E-state index in [1.54, 1.807) is 20.8 Å². The summed E-state index contributed by atoms with van der Waals surface area (Å²) in [4.78, 5) is 22.4. The maximum absolute atomic E-state index is 11.4. The van der Waals surface area contributed by atoms with Crippen LogP contribution < -0.4 is 0 Å². The molecule has 0 radical (unpaired) electrons. The zero-order valence-corrected chi connectivity index (χ0v) is 14.4. The molecule has 0 aliphatic rings. The topological polar surface area (TPSA) is 71.1 Å². The average molecular weight is 367 g/mol. The predicted octanol–water partition coefficient (Wildman–Crippen LogP) is 1.86. The van der Waals surface area contributed by atoms with Crippen molar-refractivity contribution >= 4 is 27.9 Å². The predicted molar refractivity (Wildman–Crippen MR) is 81.4 cm³/mol. The summed E-state index contributed by atoms with van der Waals surface area (Å²) >= 11 is 3.20. The van der Waals surface area contributed by atoms with Crippen LogP contribution in [-0.2, 0) is 28.5 Å². The third-order valence-corrected chi connectivity index (χ3v) is 2.45. The molecule has 0 saturated heterocycles. The van der Waals surface area contributed by atoms with Gasteiger partial charge in [0.25, 0.3) is 0 Å². The van der Waals surface area contributed by atoms with Gasteiger partial charge in [0.2, 0.25) is 0 Å². The van der Waals surface area contributed by atoms with Gasteiger partial charge in [-0.25, -0.2) is 4.79 Å². The van der Waals surface area contributed by atoms with Gasteiger partial charge in [-0.05, 0) is 20.8 Å². The number of halogens is 1. The summed E-state index contributed by atoms with van der Waals surface area (Å²) in [6.45, 7) is 10.2. The zero-order chi connectivity index (χ0) is 16.3. The van der Waals surface area contributed by atoms with Gasteiger partial charge in [-0.1, -0.05) is 22.5 Å². The molecule has 7 heteroatoms. The van der Waals surface area contributed by atoms with E-state index in [1.165, 1.54) is 0 Å². The molecule has 0 aromatic rings. The second-order valence-corrected chi connectivity index (χ2v) is 6.73. The zero-order valence-electron chi connectivity index (χ0n) is 12.8. The monoisotopic (exact) mass is 366 g/mol. The molecule has 0 aliphatic carbocycles. The Morgan fingerprint density at radius 3 is 1.81 bits per heavy atom. The van der Waals surface area contributed by atoms with Gasteiger partial charge in [0.15, 0.2) is 0 Å². The minimum absolute atomic E-state index is 0.184. The molecule has 0 atom stereocenters. The summed E-state index contributed by atoms with van der Waals surface area (Å²) in [6, 6.07) is 0. The maximum atomic E-state index is 11.4. The van der Waals surface area contributed by atoms with E-state index in [0.717, 1.165) is 0 Å². The lowest BCUT2D eigenvalue weighted by molar-refractivity contribution is -0.147. The first kappa shape index (κ1) is 20.1. The lowest BCUT2D eigenvalue weighted by Gasteiger charge is -2.14. The standard InChI is InChI=1S/C14H23BrO6/c1-11(2)12(16)20-9-7-18-5-6-19-8-10-21-13(17)14(3,4)15/h1,5-10H2,2-4H3. The van der Waals surface area contributed by atoms with Gasteiger partial charge in [0.1, 0.15) is 17.5 Å². The number of carbonyl (C=O) groups is 2. The molecule has 0 fully saturated rings. The summed E-state index contributed by atoms with van der Waals surface area (Å²) in [5.74, 6) is -0.756. The van der Waals surface area contributed by atoms with Gasteiger partial charge >= 0.3 is 11.9 Å². The van der Waals surface area contributed by atoms with Crippen LogP contribution in [0.5, 0.6) is 0 Å². The molecular weight excluding hydrogens is 344 g/mol. The molecule has 21 heavy (non-hydrogen) atoms. The molecule has 0 unspecified atom stereocenters. The molecule has 0 spiro atoms. The lowest BCUT2D eigenvalue weighted by Crippen LogP contribution is -2.27. The van der Waals surface area contributed by atoms with Crippen LogP contribution >= 0.6 is 15.9 Å². The number of rotatable bonds is 11. The van der Waals surface area contributed by atoms with E-state index in [-0.39, 0.29) is 19.2 Å². The largest absolute Gasteiger partial charge is 0.462 e. The van der Waals surface area contributed by atoms with E-state index < -0.39 is 10.3 Å². The number of ether oxygens (including phenoxy) is 4. The van der Waals surface area contributed by atoms with E-state index in [4.69, 9.17) is 18.9 Å². The Bertz CT molecular complexity index is 348. The molecule has 0 aromatic heterocycles. The quantitative estimate of drug-likeness (QED) is 0.240. The van der Waals surface area contributed by atoms with Gasteiger partial charge in [-0.3, -0.25) is 4.79 Å². The Kier molecular flexibility index (Phi) is 10.3. The molecule has 0 rings (SSSR count). The highest BCUT2D eigenvalue weighted by molar-refractivity contribution is 9.10. The Balaban J connectivity index is 3.32. The molecule has 0 amide bonds. The van der Waals surface area contributed by atoms with Crippen LogP contribution in [0.15, 0.2) is 12.2 Å². The SMILES string of the molecule is C=C(C)C(=O)OCCOCCOCCOC(=O)C(C)(C)Br. The van der Waals surface area contributed by atoms with E-state index in [2.05, 4.69) is 22.5 Å². The fraction of sp³-hybridized carbons (Fsp3) is 0.714. The minimum Gasteiger partial charge on any atom is -0.462 e. The van der Waals surface area contributed by atoms with E-state index in [0.29, 0.717) is 32.0 Å². The van der Waals surface area contributed by atoms with Crippen molar-refractivity contribution < 1.29 is 28.5 Å². The summed E-state index contributed by atoms with van der Waals surface area (Å²) < 4.78 is 19.6. The number of alkyl halides is 1. The lowest BCUT2D eigenvalue weighted by atomic mass is 10.2. The van der Waals surface area contributed by atoms with Crippen molar-refractivity contribution in [1.82, 2.24) is 0 Å². The summed E-state index contributed by atoms with van der Waals surface area (Å²) in [5, 5.41) is 0. The molecule has 0 saturated carbocycles. The number of hydrogen-bond donors (Lipinski definition) is 0. The Labute approximate surface area is 133 Å². The number of hydrogen-bond acceptors (Lipinski definition) is 6. The molecular formula is C14H23BrO6. The van der Waals surface area contributed by atoms with Crippen LogP contribution in [0.25, 0.3) is 0 Å². The van der Waals surface area contributed by atoms with Crippen molar-refractivity contribution in [3.05, 3.63) is 12.2 Å². The van der Waals surface area contributed by atoms with E-state index in [1.807, 2.05) is 0 Å². The molecule has 0 heterocycles. The maximum Gasteiger partial charge on any atom is 0.333 e. The molecule has 122 valence electrons. The Hall–Kier alpha value is -0.920. The molecule has 0 N–H and O–H groups in total. The van der Waals surface area contributed by atoms with Gasteiger partial charge in [0, 0.05) is 5.57 Å². The van der Waals surface area contributed by atoms with Gasteiger partial charge in [-0.2, -0.15) is 0 Å². The first-order valence-electron chi connectivity index (χ1n) is 6.59. The Morgan fingerprint density at radius 2 is 1.38 bits per heavy atom. The summed E-state index contributed by atoms with van der Waals surface area (Å²) in [6.07, 6.45) is 0. The smallest absolute Gasteiger partial charge is 0.333 e. The van der Waals surface area contributed by atoms with Crippen molar-refractivity contribution in [2.75, 3.05) is 39.6 Å². The van der Waals surface area contributed by atoms with E-state index >= 15 is 0 Å². The Morgan fingerprint density at radius 1 is 0.952 bits per heavy atom. The molecule has 0 bridgehead atoms. The van der Waals surface area contributed by atoms with Crippen molar-refractivity contribution in [1.29, 1.82) is 0 Å². The summed E-state index contributed by atoms with van der Waals surface area (Å²) in [7, 11) is 0. The second-order valence-electron chi connectivity index (χ2n) is 4.75. The van der Waals surface area contributed by atoms with Crippen molar-refractivity contribution in [3.63, 3.8) is 0 Å². The van der Waals surface area contributed by atoms with Crippen LogP contribution in [0.3, 0.4) is 0 Å². The average Bonchev–Trinajstić information content (AvgIpc) is 2.38. The second kappa shape index (κ2) is 10.8.